The Morgan fingerprint density at radius 2 is 1.88 bits per heavy atom. The number of hydrogen-bond donors (Lipinski definition) is 0. The van der Waals surface area contributed by atoms with E-state index >= 15 is 0 Å². The van der Waals surface area contributed by atoms with Crippen molar-refractivity contribution in [3.05, 3.63) is 61.7 Å². The molecule has 0 saturated carbocycles. The molecule has 0 unspecified atom stereocenters. The molecule has 1 aromatic carbocycles. The first-order valence-electron chi connectivity index (χ1n) is 9.28. The van der Waals surface area contributed by atoms with Crippen LogP contribution in [0.25, 0.3) is 0 Å². The molecule has 0 fully saturated rings. The summed E-state index contributed by atoms with van der Waals surface area (Å²) in [5, 5.41) is 0.906. The molecule has 0 N–H and O–H groups in total. The monoisotopic (exact) mass is 585 g/mol. The topological polar surface area (TPSA) is 87.5 Å². The maximum atomic E-state index is 13.0. The van der Waals surface area contributed by atoms with Crippen LogP contribution in [0.15, 0.2) is 55.9 Å². The molecule has 32 heavy (non-hydrogen) atoms. The predicted molar refractivity (Wildman–Crippen MR) is 135 cm³/mol. The van der Waals surface area contributed by atoms with Crippen LogP contribution in [0.4, 0.5) is 10.5 Å². The van der Waals surface area contributed by atoms with Gasteiger partial charge in [-0.05, 0) is 53.8 Å². The fourth-order valence-corrected chi connectivity index (χ4v) is 4.15. The third kappa shape index (κ3) is 5.28. The first-order valence-corrected chi connectivity index (χ1v) is 11.1. The number of carbonyl (C=O) groups is 2. The molecule has 1 aliphatic heterocycles. The van der Waals surface area contributed by atoms with E-state index < -0.39 is 12.0 Å². The molecular formula is C21H18Cl2IN5O3. The van der Waals surface area contributed by atoms with Crippen LogP contribution >= 0.6 is 45.8 Å². The van der Waals surface area contributed by atoms with Gasteiger partial charge in [-0.25, -0.2) is 9.79 Å². The van der Waals surface area contributed by atoms with Crippen LogP contribution in [-0.4, -0.2) is 54.5 Å². The lowest BCUT2D eigenvalue weighted by Crippen LogP contribution is -2.28. The highest BCUT2D eigenvalue weighted by Gasteiger charge is 2.25. The number of ether oxygens (including phenoxy) is 1. The summed E-state index contributed by atoms with van der Waals surface area (Å²) < 4.78 is 5.86. The van der Waals surface area contributed by atoms with Crippen molar-refractivity contribution in [1.29, 1.82) is 0 Å². The average molecular weight is 586 g/mol. The Bertz CT molecular complexity index is 1140. The van der Waals surface area contributed by atoms with Crippen LogP contribution < -0.4 is 9.64 Å². The third-order valence-electron chi connectivity index (χ3n) is 4.27. The van der Waals surface area contributed by atoms with Crippen LogP contribution in [-0.2, 0) is 4.79 Å². The van der Waals surface area contributed by atoms with E-state index in [1.807, 2.05) is 22.6 Å². The van der Waals surface area contributed by atoms with E-state index in [1.165, 1.54) is 11.1 Å². The highest BCUT2D eigenvalue weighted by atomic mass is 127. The number of hydrogen-bond acceptors (Lipinski definition) is 6. The Morgan fingerprint density at radius 3 is 2.53 bits per heavy atom. The summed E-state index contributed by atoms with van der Waals surface area (Å²) in [6.07, 6.45) is 2.54. The zero-order valence-corrected chi connectivity index (χ0v) is 21.0. The summed E-state index contributed by atoms with van der Waals surface area (Å²) in [6.45, 7) is 2.00. The number of para-hydroxylation sites is 1. The molecular weight excluding hydrogens is 568 g/mol. The Morgan fingerprint density at radius 1 is 1.19 bits per heavy atom. The number of pyridine rings is 1. The van der Waals surface area contributed by atoms with Gasteiger partial charge in [0.05, 0.1) is 28.0 Å². The van der Waals surface area contributed by atoms with Crippen LogP contribution in [0.3, 0.4) is 0 Å². The van der Waals surface area contributed by atoms with Gasteiger partial charge in [-0.1, -0.05) is 29.3 Å². The molecule has 1 aromatic heterocycles. The number of aromatic nitrogens is 1. The molecule has 0 aliphatic carbocycles. The van der Waals surface area contributed by atoms with Crippen molar-refractivity contribution >= 4 is 75.4 Å². The standard InChI is InChI=1S/C21H18Cl2IN5O3/c1-12(16-15(8-5-9-25-16)32-21(31)28(2)3)27-20(30)17-19(24)29(11-10-26-17)18-13(22)6-4-7-14(18)23/h4-10H,11H2,1-3H3. The van der Waals surface area contributed by atoms with E-state index in [0.717, 1.165) is 0 Å². The number of rotatable bonds is 4. The van der Waals surface area contributed by atoms with Gasteiger partial charge in [-0.15, -0.1) is 0 Å². The third-order valence-corrected chi connectivity index (χ3v) is 5.98. The van der Waals surface area contributed by atoms with Gasteiger partial charge < -0.3 is 14.5 Å². The second-order valence-corrected chi connectivity index (χ2v) is 8.58. The lowest BCUT2D eigenvalue weighted by Gasteiger charge is -2.27. The van der Waals surface area contributed by atoms with E-state index in [9.17, 15) is 9.59 Å². The average Bonchev–Trinajstić information content (AvgIpc) is 2.74. The van der Waals surface area contributed by atoms with Crippen molar-refractivity contribution in [3.8, 4) is 5.75 Å². The summed E-state index contributed by atoms with van der Waals surface area (Å²) >= 11 is 14.7. The Hall–Kier alpha value is -2.50. The second-order valence-electron chi connectivity index (χ2n) is 6.75. The molecule has 3 rings (SSSR count). The number of nitrogens with zero attached hydrogens (tertiary/aromatic N) is 5. The Balaban J connectivity index is 1.94. The number of amides is 2. The molecule has 2 heterocycles. The zero-order chi connectivity index (χ0) is 23.4. The normalized spacial score (nSPS) is 13.9. The van der Waals surface area contributed by atoms with Crippen molar-refractivity contribution in [2.24, 2.45) is 9.98 Å². The summed E-state index contributed by atoms with van der Waals surface area (Å²) in [4.78, 5) is 40.6. The second kappa shape index (κ2) is 10.4. The SMILES string of the molecule is CC(=NC(=O)C1=C(I)N(c2c(Cl)cccc2Cl)CC=N1)c1ncccc1OC(=O)N(C)C. The van der Waals surface area contributed by atoms with Crippen LogP contribution in [0.2, 0.25) is 10.0 Å². The fourth-order valence-electron chi connectivity index (χ4n) is 2.74. The van der Waals surface area contributed by atoms with Crippen LogP contribution in [0.1, 0.15) is 12.6 Å². The fraction of sp³-hybridized carbons (Fsp3) is 0.190. The predicted octanol–water partition coefficient (Wildman–Crippen LogP) is 4.98. The summed E-state index contributed by atoms with van der Waals surface area (Å²) in [7, 11) is 3.13. The smallest absolute Gasteiger partial charge is 0.408 e. The van der Waals surface area contributed by atoms with Crippen LogP contribution in [0, 0.1) is 0 Å². The van der Waals surface area contributed by atoms with Crippen molar-refractivity contribution in [3.63, 3.8) is 0 Å². The zero-order valence-electron chi connectivity index (χ0n) is 17.3. The van der Waals surface area contributed by atoms with Crippen molar-refractivity contribution in [2.45, 2.75) is 6.92 Å². The van der Waals surface area contributed by atoms with E-state index in [1.54, 1.807) is 62.5 Å². The Labute approximate surface area is 208 Å². The minimum atomic E-state index is -0.577. The van der Waals surface area contributed by atoms with Gasteiger partial charge >= 0.3 is 6.09 Å². The first kappa shape index (κ1) is 24.1. The largest absolute Gasteiger partial charge is 0.414 e. The molecule has 0 bridgehead atoms. The lowest BCUT2D eigenvalue weighted by atomic mass is 10.2. The molecule has 0 radical (unpaired) electrons. The Kier molecular flexibility index (Phi) is 7.86. The maximum Gasteiger partial charge on any atom is 0.414 e. The molecule has 8 nitrogen and oxygen atoms in total. The van der Waals surface area contributed by atoms with Crippen molar-refractivity contribution in [2.75, 3.05) is 25.5 Å². The first-order chi connectivity index (χ1) is 15.2. The number of halogens is 3. The molecule has 11 heteroatoms. The van der Waals surface area contributed by atoms with E-state index in [4.69, 9.17) is 27.9 Å². The molecule has 0 saturated heterocycles. The molecule has 0 atom stereocenters. The molecule has 166 valence electrons. The minimum absolute atomic E-state index is 0.134. The number of carbonyl (C=O) groups excluding carboxylic acids is 2. The summed E-state index contributed by atoms with van der Waals surface area (Å²) in [5.74, 6) is -0.382. The summed E-state index contributed by atoms with van der Waals surface area (Å²) in [6, 6.07) is 8.39. The van der Waals surface area contributed by atoms with Crippen molar-refractivity contribution in [1.82, 2.24) is 9.88 Å². The highest BCUT2D eigenvalue weighted by Crippen LogP contribution is 2.38. The maximum absolute atomic E-state index is 13.0. The van der Waals surface area contributed by atoms with Gasteiger partial charge in [0.2, 0.25) is 0 Å². The number of anilines is 1. The van der Waals surface area contributed by atoms with E-state index in [2.05, 4.69) is 15.0 Å². The van der Waals surface area contributed by atoms with Gasteiger partial charge in [0.15, 0.2) is 11.4 Å². The number of benzene rings is 1. The number of aliphatic imine (C=N–C) groups is 2. The van der Waals surface area contributed by atoms with Gasteiger partial charge in [0.25, 0.3) is 5.91 Å². The minimum Gasteiger partial charge on any atom is -0.408 e. The van der Waals surface area contributed by atoms with Gasteiger partial charge in [0, 0.05) is 26.5 Å². The van der Waals surface area contributed by atoms with Gasteiger partial charge in [-0.3, -0.25) is 14.8 Å². The van der Waals surface area contributed by atoms with E-state index in [-0.39, 0.29) is 22.9 Å². The summed E-state index contributed by atoms with van der Waals surface area (Å²) in [5.41, 5.74) is 1.27. The van der Waals surface area contributed by atoms with Crippen molar-refractivity contribution < 1.29 is 14.3 Å². The highest BCUT2D eigenvalue weighted by molar-refractivity contribution is 14.1. The molecule has 2 amide bonds. The van der Waals surface area contributed by atoms with Gasteiger partial charge in [0.1, 0.15) is 9.40 Å². The molecule has 2 aromatic rings. The van der Waals surface area contributed by atoms with Crippen LogP contribution in [0.5, 0.6) is 5.75 Å². The lowest BCUT2D eigenvalue weighted by molar-refractivity contribution is -0.114. The van der Waals surface area contributed by atoms with E-state index in [0.29, 0.717) is 26.0 Å². The van der Waals surface area contributed by atoms with Gasteiger partial charge in [-0.2, -0.15) is 0 Å². The molecule has 0 spiro atoms. The quantitative estimate of drug-likeness (QED) is 0.287. The molecule has 1 aliphatic rings.